The Kier molecular flexibility index (Phi) is 5.63. The fraction of sp³-hybridized carbons (Fsp3) is 0.389. The van der Waals surface area contributed by atoms with Gasteiger partial charge in [-0.1, -0.05) is 31.5 Å². The normalized spacial score (nSPS) is 11.9. The highest BCUT2D eigenvalue weighted by Crippen LogP contribution is 2.36. The van der Waals surface area contributed by atoms with Crippen molar-refractivity contribution in [3.63, 3.8) is 0 Å². The molecule has 0 fully saturated rings. The Hall–Kier alpha value is -2.32. The molecule has 1 aromatic carbocycles. The van der Waals surface area contributed by atoms with Crippen LogP contribution in [0.25, 0.3) is 0 Å². The number of rotatable bonds is 5. The van der Waals surface area contributed by atoms with Crippen molar-refractivity contribution in [3.8, 4) is 18.0 Å². The first kappa shape index (κ1) is 18.0. The molecule has 126 valence electrons. The predicted molar refractivity (Wildman–Crippen MR) is 92.9 cm³/mol. The van der Waals surface area contributed by atoms with Gasteiger partial charge in [-0.05, 0) is 36.1 Å². The second kappa shape index (κ2) is 7.50. The van der Waals surface area contributed by atoms with Gasteiger partial charge in [0.1, 0.15) is 5.92 Å². The summed E-state index contributed by atoms with van der Waals surface area (Å²) in [6.45, 7) is 5.96. The number of nitriles is 1. The lowest BCUT2D eigenvalue weighted by Gasteiger charge is -2.19. The third-order valence-corrected chi connectivity index (χ3v) is 3.89. The van der Waals surface area contributed by atoms with E-state index in [-0.39, 0.29) is 11.9 Å². The standard InChI is InChI=1S/C18H20ClN3O2/c1-10(2)15-16(21-18(24-5)22-17(15)23-4)14(9-20)12-6-11(3)7-13(19)8-12/h6-8,10,14H,1-5H3. The van der Waals surface area contributed by atoms with Crippen LogP contribution < -0.4 is 9.47 Å². The van der Waals surface area contributed by atoms with Crippen molar-refractivity contribution < 1.29 is 9.47 Å². The monoisotopic (exact) mass is 345 g/mol. The van der Waals surface area contributed by atoms with Crippen LogP contribution in [-0.4, -0.2) is 24.2 Å². The van der Waals surface area contributed by atoms with Crippen LogP contribution in [0.2, 0.25) is 5.02 Å². The first-order valence-electron chi connectivity index (χ1n) is 7.57. The van der Waals surface area contributed by atoms with Crippen molar-refractivity contribution in [2.75, 3.05) is 14.2 Å². The summed E-state index contributed by atoms with van der Waals surface area (Å²) in [5, 5.41) is 10.4. The van der Waals surface area contributed by atoms with Crippen LogP contribution in [0.5, 0.6) is 11.9 Å². The van der Waals surface area contributed by atoms with Crippen LogP contribution in [0.4, 0.5) is 0 Å². The first-order chi connectivity index (χ1) is 11.4. The molecule has 1 aromatic heterocycles. The van der Waals surface area contributed by atoms with E-state index in [1.54, 1.807) is 13.2 Å². The predicted octanol–water partition coefficient (Wildman–Crippen LogP) is 4.23. The van der Waals surface area contributed by atoms with Crippen LogP contribution in [-0.2, 0) is 0 Å². The molecule has 24 heavy (non-hydrogen) atoms. The lowest BCUT2D eigenvalue weighted by Crippen LogP contribution is -2.12. The van der Waals surface area contributed by atoms with E-state index in [2.05, 4.69) is 16.0 Å². The summed E-state index contributed by atoms with van der Waals surface area (Å²) in [6, 6.07) is 8.07. The van der Waals surface area contributed by atoms with Crippen molar-refractivity contribution in [2.24, 2.45) is 0 Å². The molecule has 0 saturated heterocycles. The molecular formula is C18H20ClN3O2. The number of nitrogens with zero attached hydrogens (tertiary/aromatic N) is 3. The molecule has 0 amide bonds. The number of halogens is 1. The molecule has 0 aliphatic rings. The highest BCUT2D eigenvalue weighted by Gasteiger charge is 2.26. The zero-order valence-corrected chi connectivity index (χ0v) is 15.2. The molecule has 0 saturated carbocycles. The lowest BCUT2D eigenvalue weighted by molar-refractivity contribution is 0.345. The second-order valence-electron chi connectivity index (χ2n) is 5.80. The van der Waals surface area contributed by atoms with E-state index in [1.165, 1.54) is 7.11 Å². The molecule has 0 aliphatic heterocycles. The van der Waals surface area contributed by atoms with E-state index in [1.807, 2.05) is 32.9 Å². The van der Waals surface area contributed by atoms with Crippen LogP contribution in [0.15, 0.2) is 18.2 Å². The van der Waals surface area contributed by atoms with Gasteiger partial charge in [0.15, 0.2) is 0 Å². The minimum Gasteiger partial charge on any atom is -0.481 e. The molecule has 5 nitrogen and oxygen atoms in total. The fourth-order valence-electron chi connectivity index (χ4n) is 2.68. The van der Waals surface area contributed by atoms with Crippen LogP contribution in [0.1, 0.15) is 48.1 Å². The number of methoxy groups -OCH3 is 2. The Morgan fingerprint density at radius 1 is 1.12 bits per heavy atom. The molecule has 0 bridgehead atoms. The maximum atomic E-state index is 9.81. The highest BCUT2D eigenvalue weighted by atomic mass is 35.5. The third-order valence-electron chi connectivity index (χ3n) is 3.67. The van der Waals surface area contributed by atoms with Gasteiger partial charge in [-0.25, -0.2) is 0 Å². The topological polar surface area (TPSA) is 68.0 Å². The Balaban J connectivity index is 2.73. The van der Waals surface area contributed by atoms with Gasteiger partial charge < -0.3 is 9.47 Å². The Morgan fingerprint density at radius 2 is 1.83 bits per heavy atom. The van der Waals surface area contributed by atoms with Gasteiger partial charge in [-0.2, -0.15) is 15.2 Å². The number of ether oxygens (including phenoxy) is 2. The summed E-state index contributed by atoms with van der Waals surface area (Å²) in [7, 11) is 3.03. The molecule has 2 aromatic rings. The van der Waals surface area contributed by atoms with Gasteiger partial charge in [0, 0.05) is 10.6 Å². The summed E-state index contributed by atoms with van der Waals surface area (Å²) in [5.41, 5.74) is 3.14. The van der Waals surface area contributed by atoms with E-state index in [9.17, 15) is 5.26 Å². The molecule has 0 N–H and O–H groups in total. The van der Waals surface area contributed by atoms with E-state index in [4.69, 9.17) is 21.1 Å². The Bertz CT molecular complexity index is 764. The molecule has 6 heteroatoms. The molecule has 1 heterocycles. The van der Waals surface area contributed by atoms with Gasteiger partial charge >= 0.3 is 6.01 Å². The maximum Gasteiger partial charge on any atom is 0.319 e. The van der Waals surface area contributed by atoms with E-state index >= 15 is 0 Å². The number of aryl methyl sites for hydroxylation is 1. The molecule has 1 unspecified atom stereocenters. The minimum absolute atomic E-state index is 0.0805. The molecule has 0 radical (unpaired) electrons. The SMILES string of the molecule is COc1nc(OC)c(C(C)C)c(C(C#N)c2cc(C)cc(Cl)c2)n1. The second-order valence-corrected chi connectivity index (χ2v) is 6.23. The van der Waals surface area contributed by atoms with Crippen molar-refractivity contribution in [2.45, 2.75) is 32.6 Å². The van der Waals surface area contributed by atoms with Gasteiger partial charge in [-0.15, -0.1) is 0 Å². The van der Waals surface area contributed by atoms with Crippen molar-refractivity contribution >= 4 is 11.6 Å². The number of benzene rings is 1. The summed E-state index contributed by atoms with van der Waals surface area (Å²) in [6.07, 6.45) is 0. The zero-order chi connectivity index (χ0) is 17.9. The number of hydrogen-bond acceptors (Lipinski definition) is 5. The zero-order valence-electron chi connectivity index (χ0n) is 14.4. The molecule has 0 aliphatic carbocycles. The van der Waals surface area contributed by atoms with Crippen molar-refractivity contribution in [1.29, 1.82) is 5.26 Å². The van der Waals surface area contributed by atoms with Gasteiger partial charge in [0.05, 0.1) is 26.0 Å². The largest absolute Gasteiger partial charge is 0.481 e. The van der Waals surface area contributed by atoms with Crippen LogP contribution in [0.3, 0.4) is 0 Å². The summed E-state index contributed by atoms with van der Waals surface area (Å²) in [5.74, 6) is -0.0894. The van der Waals surface area contributed by atoms with E-state index < -0.39 is 5.92 Å². The van der Waals surface area contributed by atoms with E-state index in [0.29, 0.717) is 16.6 Å². The van der Waals surface area contributed by atoms with E-state index in [0.717, 1.165) is 16.7 Å². The molecular weight excluding hydrogens is 326 g/mol. The fourth-order valence-corrected chi connectivity index (χ4v) is 2.98. The van der Waals surface area contributed by atoms with Gasteiger partial charge in [0.2, 0.25) is 5.88 Å². The summed E-state index contributed by atoms with van der Waals surface area (Å²) < 4.78 is 10.6. The van der Waals surface area contributed by atoms with Crippen molar-refractivity contribution in [3.05, 3.63) is 45.6 Å². The maximum absolute atomic E-state index is 9.81. The van der Waals surface area contributed by atoms with Crippen LogP contribution >= 0.6 is 11.6 Å². The highest BCUT2D eigenvalue weighted by molar-refractivity contribution is 6.30. The average Bonchev–Trinajstić information content (AvgIpc) is 2.53. The quantitative estimate of drug-likeness (QED) is 0.810. The summed E-state index contributed by atoms with van der Waals surface area (Å²) >= 11 is 6.17. The Morgan fingerprint density at radius 3 is 2.33 bits per heavy atom. The molecule has 0 spiro atoms. The summed E-state index contributed by atoms with van der Waals surface area (Å²) in [4.78, 5) is 8.70. The lowest BCUT2D eigenvalue weighted by atomic mass is 9.89. The average molecular weight is 346 g/mol. The third kappa shape index (κ3) is 3.60. The minimum atomic E-state index is -0.592. The molecule has 2 rings (SSSR count). The van der Waals surface area contributed by atoms with Crippen LogP contribution in [0, 0.1) is 18.3 Å². The van der Waals surface area contributed by atoms with Crippen molar-refractivity contribution in [1.82, 2.24) is 9.97 Å². The first-order valence-corrected chi connectivity index (χ1v) is 7.95. The molecule has 1 atom stereocenters. The van der Waals surface area contributed by atoms with Gasteiger partial charge in [0.25, 0.3) is 0 Å². The van der Waals surface area contributed by atoms with Gasteiger partial charge in [-0.3, -0.25) is 0 Å². The Labute approximate surface area is 147 Å². The smallest absolute Gasteiger partial charge is 0.319 e. The number of hydrogen-bond donors (Lipinski definition) is 0. The number of aromatic nitrogens is 2.